The molecule has 156 valence electrons. The summed E-state index contributed by atoms with van der Waals surface area (Å²) in [7, 11) is 1.70. The van der Waals surface area contributed by atoms with Gasteiger partial charge in [-0.25, -0.2) is 4.98 Å². The van der Waals surface area contributed by atoms with Crippen LogP contribution in [0.5, 0.6) is 5.75 Å². The molecule has 3 aromatic rings. The summed E-state index contributed by atoms with van der Waals surface area (Å²) in [6.07, 6.45) is 1.78. The van der Waals surface area contributed by atoms with Crippen molar-refractivity contribution in [3.63, 3.8) is 0 Å². The van der Waals surface area contributed by atoms with Crippen LogP contribution in [0.3, 0.4) is 0 Å². The number of hydrogen-bond donors (Lipinski definition) is 1. The quantitative estimate of drug-likeness (QED) is 0.634. The molecule has 1 aliphatic heterocycles. The molecule has 30 heavy (non-hydrogen) atoms. The molecule has 1 N–H and O–H groups in total. The highest BCUT2D eigenvalue weighted by molar-refractivity contribution is 7.09. The van der Waals surface area contributed by atoms with E-state index < -0.39 is 0 Å². The molecule has 0 radical (unpaired) electrons. The van der Waals surface area contributed by atoms with Gasteiger partial charge in [0.25, 0.3) is 0 Å². The van der Waals surface area contributed by atoms with Crippen LogP contribution in [-0.4, -0.2) is 55.6 Å². The molecule has 1 saturated heterocycles. The molecule has 1 atom stereocenters. The lowest BCUT2D eigenvalue weighted by Gasteiger charge is -2.36. The van der Waals surface area contributed by atoms with E-state index in [0.29, 0.717) is 6.54 Å². The molecule has 1 fully saturated rings. The average Bonchev–Trinajstić information content (AvgIpc) is 3.33. The van der Waals surface area contributed by atoms with Gasteiger partial charge in [-0.15, -0.1) is 11.3 Å². The summed E-state index contributed by atoms with van der Waals surface area (Å²) in [6.45, 7) is 3.77. The van der Waals surface area contributed by atoms with Gasteiger partial charge >= 0.3 is 0 Å². The van der Waals surface area contributed by atoms with E-state index in [4.69, 9.17) is 4.74 Å². The van der Waals surface area contributed by atoms with Crippen LogP contribution in [0.15, 0.2) is 66.2 Å². The van der Waals surface area contributed by atoms with Crippen LogP contribution in [0.4, 0.5) is 5.69 Å². The first-order valence-corrected chi connectivity index (χ1v) is 11.0. The van der Waals surface area contributed by atoms with Crippen molar-refractivity contribution in [3.05, 3.63) is 76.7 Å². The summed E-state index contributed by atoms with van der Waals surface area (Å²) in [5.41, 5.74) is 2.15. The molecule has 1 aromatic heterocycles. The number of nitrogens with zero attached hydrogens (tertiary/aromatic N) is 3. The second-order valence-electron chi connectivity index (χ2n) is 7.22. The van der Waals surface area contributed by atoms with Gasteiger partial charge in [0.15, 0.2) is 0 Å². The Morgan fingerprint density at radius 1 is 1.10 bits per heavy atom. The number of hydrogen-bond acceptors (Lipinski definition) is 6. The first-order valence-electron chi connectivity index (χ1n) is 10.1. The summed E-state index contributed by atoms with van der Waals surface area (Å²) < 4.78 is 5.49. The fourth-order valence-electron chi connectivity index (χ4n) is 3.76. The number of aromatic nitrogens is 1. The lowest BCUT2D eigenvalue weighted by atomic mass is 10.1. The third-order valence-corrected chi connectivity index (χ3v) is 6.14. The van der Waals surface area contributed by atoms with Gasteiger partial charge < -0.3 is 15.0 Å². The van der Waals surface area contributed by atoms with Gasteiger partial charge in [-0.2, -0.15) is 0 Å². The molecule has 1 unspecified atom stereocenters. The number of thiazole rings is 1. The van der Waals surface area contributed by atoms with E-state index in [0.717, 1.165) is 48.2 Å². The van der Waals surface area contributed by atoms with Gasteiger partial charge in [0.2, 0.25) is 5.91 Å². The average molecular weight is 423 g/mol. The van der Waals surface area contributed by atoms with E-state index in [2.05, 4.69) is 26.2 Å². The molecule has 0 saturated carbocycles. The molecule has 0 bridgehead atoms. The summed E-state index contributed by atoms with van der Waals surface area (Å²) in [6, 6.07) is 17.9. The maximum absolute atomic E-state index is 12.8. The maximum atomic E-state index is 12.8. The Balaban J connectivity index is 1.35. The Kier molecular flexibility index (Phi) is 6.61. The number of benzene rings is 2. The number of methoxy groups -OCH3 is 1. The first kappa shape index (κ1) is 20.4. The predicted octanol–water partition coefficient (Wildman–Crippen LogP) is 3.18. The van der Waals surface area contributed by atoms with Crippen LogP contribution in [0.25, 0.3) is 0 Å². The van der Waals surface area contributed by atoms with Crippen molar-refractivity contribution < 1.29 is 9.53 Å². The van der Waals surface area contributed by atoms with Crippen molar-refractivity contribution >= 4 is 22.9 Å². The van der Waals surface area contributed by atoms with Crippen molar-refractivity contribution in [1.82, 2.24) is 15.2 Å². The zero-order valence-electron chi connectivity index (χ0n) is 17.0. The number of piperazine rings is 1. The maximum Gasteiger partial charge on any atom is 0.235 e. The zero-order valence-corrected chi connectivity index (χ0v) is 17.8. The number of para-hydroxylation sites is 2. The molecule has 2 heterocycles. The molecule has 1 aliphatic rings. The number of rotatable bonds is 7. The van der Waals surface area contributed by atoms with Crippen LogP contribution in [0, 0.1) is 0 Å². The SMILES string of the molecule is COc1ccccc1N1CCN(CC(=O)NC(c2ccccc2)c2nccs2)CC1. The minimum absolute atomic E-state index is 0.0183. The number of carbonyl (C=O) groups excluding carboxylic acids is 1. The van der Waals surface area contributed by atoms with Crippen molar-refractivity contribution in [2.45, 2.75) is 6.04 Å². The monoisotopic (exact) mass is 422 g/mol. The lowest BCUT2D eigenvalue weighted by Crippen LogP contribution is -2.50. The number of nitrogens with one attached hydrogen (secondary N) is 1. The predicted molar refractivity (Wildman–Crippen MR) is 120 cm³/mol. The summed E-state index contributed by atoms with van der Waals surface area (Å²) in [4.78, 5) is 21.8. The van der Waals surface area contributed by atoms with E-state index in [9.17, 15) is 4.79 Å². The van der Waals surface area contributed by atoms with E-state index in [1.54, 1.807) is 24.6 Å². The second-order valence-corrected chi connectivity index (χ2v) is 8.14. The topological polar surface area (TPSA) is 57.7 Å². The molecular formula is C23H26N4O2S. The van der Waals surface area contributed by atoms with Gasteiger partial charge in [-0.3, -0.25) is 9.69 Å². The van der Waals surface area contributed by atoms with Crippen molar-refractivity contribution in [3.8, 4) is 5.75 Å². The summed E-state index contributed by atoms with van der Waals surface area (Å²) in [5, 5.41) is 6.02. The molecule has 6 nitrogen and oxygen atoms in total. The number of anilines is 1. The molecule has 2 aromatic carbocycles. The number of ether oxygens (including phenoxy) is 1. The molecule has 4 rings (SSSR count). The molecule has 1 amide bonds. The second kappa shape index (κ2) is 9.73. The molecule has 7 heteroatoms. The standard InChI is InChI=1S/C23H26N4O2S/c1-29-20-10-6-5-9-19(20)27-14-12-26(13-15-27)17-21(28)25-22(23-24-11-16-30-23)18-7-3-2-4-8-18/h2-11,16,22H,12-15,17H2,1H3,(H,25,28). The minimum Gasteiger partial charge on any atom is -0.495 e. The third-order valence-electron chi connectivity index (χ3n) is 5.30. The Labute approximate surface area is 181 Å². The van der Waals surface area contributed by atoms with Gasteiger partial charge in [0, 0.05) is 37.8 Å². The third kappa shape index (κ3) is 4.80. The molecular weight excluding hydrogens is 396 g/mol. The molecule has 0 aliphatic carbocycles. The largest absolute Gasteiger partial charge is 0.495 e. The Hall–Kier alpha value is -2.90. The fraction of sp³-hybridized carbons (Fsp3) is 0.304. The Morgan fingerprint density at radius 3 is 2.53 bits per heavy atom. The highest BCUT2D eigenvalue weighted by Gasteiger charge is 2.23. The van der Waals surface area contributed by atoms with E-state index in [1.807, 2.05) is 53.9 Å². The zero-order chi connectivity index (χ0) is 20.8. The normalized spacial score (nSPS) is 15.6. The van der Waals surface area contributed by atoms with E-state index in [-0.39, 0.29) is 11.9 Å². The van der Waals surface area contributed by atoms with Crippen LogP contribution >= 0.6 is 11.3 Å². The summed E-state index contributed by atoms with van der Waals surface area (Å²) in [5.74, 6) is 0.905. The van der Waals surface area contributed by atoms with Crippen LogP contribution < -0.4 is 15.0 Å². The minimum atomic E-state index is -0.214. The smallest absolute Gasteiger partial charge is 0.235 e. The van der Waals surface area contributed by atoms with Crippen LogP contribution in [-0.2, 0) is 4.79 Å². The molecule has 0 spiro atoms. The number of amides is 1. The lowest BCUT2D eigenvalue weighted by molar-refractivity contribution is -0.122. The van der Waals surface area contributed by atoms with Gasteiger partial charge in [0.05, 0.1) is 19.3 Å². The van der Waals surface area contributed by atoms with Crippen molar-refractivity contribution in [1.29, 1.82) is 0 Å². The number of carbonyl (C=O) groups is 1. The van der Waals surface area contributed by atoms with Gasteiger partial charge in [-0.05, 0) is 17.7 Å². The highest BCUT2D eigenvalue weighted by atomic mass is 32.1. The fourth-order valence-corrected chi connectivity index (χ4v) is 4.47. The Morgan fingerprint density at radius 2 is 1.83 bits per heavy atom. The van der Waals surface area contributed by atoms with E-state index in [1.165, 1.54) is 0 Å². The summed E-state index contributed by atoms with van der Waals surface area (Å²) >= 11 is 1.56. The Bertz CT molecular complexity index is 941. The van der Waals surface area contributed by atoms with E-state index >= 15 is 0 Å². The first-order chi connectivity index (χ1) is 14.7. The highest BCUT2D eigenvalue weighted by Crippen LogP contribution is 2.28. The van der Waals surface area contributed by atoms with Gasteiger partial charge in [-0.1, -0.05) is 42.5 Å². The van der Waals surface area contributed by atoms with Gasteiger partial charge in [0.1, 0.15) is 16.8 Å². The van der Waals surface area contributed by atoms with Crippen molar-refractivity contribution in [2.24, 2.45) is 0 Å². The van der Waals surface area contributed by atoms with Crippen molar-refractivity contribution in [2.75, 3.05) is 44.7 Å². The van der Waals surface area contributed by atoms with Crippen LogP contribution in [0.1, 0.15) is 16.6 Å². The van der Waals surface area contributed by atoms with Crippen LogP contribution in [0.2, 0.25) is 0 Å².